The Bertz CT molecular complexity index is 515. The molecule has 7 heteroatoms. The van der Waals surface area contributed by atoms with Crippen LogP contribution in [0.3, 0.4) is 0 Å². The van der Waals surface area contributed by atoms with E-state index < -0.39 is 11.7 Å². The fourth-order valence-corrected chi connectivity index (χ4v) is 2.04. The summed E-state index contributed by atoms with van der Waals surface area (Å²) in [5.74, 6) is 0.684. The number of benzene rings is 1. The summed E-state index contributed by atoms with van der Waals surface area (Å²) >= 11 is 4.82. The number of nitrogens with two attached hydrogens (primary N) is 1. The Kier molecular flexibility index (Phi) is 5.05. The van der Waals surface area contributed by atoms with Gasteiger partial charge in [0, 0.05) is 24.4 Å². The Hall–Kier alpha value is -1.34. The van der Waals surface area contributed by atoms with Crippen molar-refractivity contribution in [2.45, 2.75) is 19.0 Å². The molecule has 0 heterocycles. The van der Waals surface area contributed by atoms with E-state index in [1.54, 1.807) is 0 Å². The van der Waals surface area contributed by atoms with Gasteiger partial charge in [0.1, 0.15) is 4.99 Å². The van der Waals surface area contributed by atoms with Crippen molar-refractivity contribution in [3.8, 4) is 0 Å². The number of anilines is 1. The molecular weight excluding hydrogens is 301 g/mol. The maximum Gasteiger partial charge on any atom is 0.416 e. The van der Waals surface area contributed by atoms with E-state index in [1.165, 1.54) is 18.9 Å². The van der Waals surface area contributed by atoms with Crippen molar-refractivity contribution in [1.29, 1.82) is 0 Å². The van der Waals surface area contributed by atoms with Gasteiger partial charge in [-0.25, -0.2) is 0 Å². The van der Waals surface area contributed by atoms with Gasteiger partial charge in [-0.15, -0.1) is 0 Å². The normalized spacial score (nSPS) is 15.0. The zero-order chi connectivity index (χ0) is 15.5. The van der Waals surface area contributed by atoms with Crippen molar-refractivity contribution in [2.24, 2.45) is 11.7 Å². The van der Waals surface area contributed by atoms with E-state index in [1.807, 2.05) is 0 Å². The lowest BCUT2D eigenvalue weighted by Gasteiger charge is -2.14. The van der Waals surface area contributed by atoms with Crippen molar-refractivity contribution in [3.63, 3.8) is 0 Å². The average Bonchev–Trinajstić information content (AvgIpc) is 3.21. The van der Waals surface area contributed by atoms with Gasteiger partial charge in [0.15, 0.2) is 0 Å². The van der Waals surface area contributed by atoms with Crippen LogP contribution in [0.1, 0.15) is 24.0 Å². The van der Waals surface area contributed by atoms with Gasteiger partial charge in [-0.3, -0.25) is 0 Å². The number of hydrogen-bond donors (Lipinski definition) is 2. The minimum Gasteiger partial charge on any atom is -0.389 e. The van der Waals surface area contributed by atoms with Gasteiger partial charge < -0.3 is 15.8 Å². The lowest BCUT2D eigenvalue weighted by molar-refractivity contribution is -0.137. The molecular formula is C14H17F3N2OS. The van der Waals surface area contributed by atoms with E-state index in [2.05, 4.69) is 5.32 Å². The van der Waals surface area contributed by atoms with E-state index in [-0.39, 0.29) is 10.6 Å². The summed E-state index contributed by atoms with van der Waals surface area (Å²) in [5, 5.41) is 3.01. The Morgan fingerprint density at radius 2 is 2.10 bits per heavy atom. The molecule has 3 N–H and O–H groups in total. The Morgan fingerprint density at radius 3 is 2.67 bits per heavy atom. The van der Waals surface area contributed by atoms with Crippen LogP contribution in [0.25, 0.3) is 0 Å². The fraction of sp³-hybridized carbons (Fsp3) is 0.500. The first kappa shape index (κ1) is 16.0. The molecule has 0 aliphatic heterocycles. The molecule has 2 rings (SSSR count). The van der Waals surface area contributed by atoms with Crippen LogP contribution in [0.15, 0.2) is 18.2 Å². The Labute approximate surface area is 126 Å². The molecule has 1 aliphatic rings. The molecule has 0 radical (unpaired) electrons. The quantitative estimate of drug-likeness (QED) is 0.599. The van der Waals surface area contributed by atoms with Gasteiger partial charge in [0.2, 0.25) is 0 Å². The number of alkyl halides is 3. The molecule has 116 valence electrons. The predicted molar refractivity (Wildman–Crippen MR) is 79.4 cm³/mol. The predicted octanol–water partition coefficient (Wildman–Crippen LogP) is 3.18. The van der Waals surface area contributed by atoms with Gasteiger partial charge in [-0.1, -0.05) is 12.2 Å². The molecule has 21 heavy (non-hydrogen) atoms. The summed E-state index contributed by atoms with van der Waals surface area (Å²) in [4.78, 5) is -0.0671. The second-order valence-electron chi connectivity index (χ2n) is 5.07. The molecule has 1 fully saturated rings. The van der Waals surface area contributed by atoms with Crippen LogP contribution in [0.4, 0.5) is 18.9 Å². The topological polar surface area (TPSA) is 47.3 Å². The molecule has 0 unspecified atom stereocenters. The number of nitrogens with one attached hydrogen (secondary N) is 1. The summed E-state index contributed by atoms with van der Waals surface area (Å²) in [6.07, 6.45) is -1.97. The molecule has 1 aromatic carbocycles. The van der Waals surface area contributed by atoms with Crippen LogP contribution in [0.2, 0.25) is 0 Å². The van der Waals surface area contributed by atoms with Crippen LogP contribution < -0.4 is 11.1 Å². The first-order chi connectivity index (χ1) is 9.88. The fourth-order valence-electron chi connectivity index (χ4n) is 1.87. The average molecular weight is 318 g/mol. The molecule has 1 aliphatic carbocycles. The van der Waals surface area contributed by atoms with Crippen LogP contribution in [-0.4, -0.2) is 24.7 Å². The summed E-state index contributed by atoms with van der Waals surface area (Å²) in [7, 11) is 0. The lowest BCUT2D eigenvalue weighted by Crippen LogP contribution is -2.17. The first-order valence-electron chi connectivity index (χ1n) is 6.70. The molecule has 0 amide bonds. The monoisotopic (exact) mass is 318 g/mol. The molecule has 1 saturated carbocycles. The van der Waals surface area contributed by atoms with Crippen molar-refractivity contribution < 1.29 is 17.9 Å². The second kappa shape index (κ2) is 6.62. The Balaban J connectivity index is 1.95. The Morgan fingerprint density at radius 1 is 1.38 bits per heavy atom. The van der Waals surface area contributed by atoms with Crippen LogP contribution in [0, 0.1) is 5.92 Å². The third-order valence-corrected chi connectivity index (χ3v) is 3.44. The van der Waals surface area contributed by atoms with Gasteiger partial charge in [-0.05, 0) is 37.0 Å². The highest BCUT2D eigenvalue weighted by molar-refractivity contribution is 7.80. The minimum absolute atomic E-state index is 0.0671. The van der Waals surface area contributed by atoms with Gasteiger partial charge >= 0.3 is 6.18 Å². The minimum atomic E-state index is -4.41. The molecule has 0 saturated heterocycles. The van der Waals surface area contributed by atoms with Gasteiger partial charge in [-0.2, -0.15) is 13.2 Å². The van der Waals surface area contributed by atoms with Gasteiger partial charge in [0.05, 0.1) is 12.2 Å². The highest BCUT2D eigenvalue weighted by atomic mass is 32.1. The van der Waals surface area contributed by atoms with Crippen molar-refractivity contribution in [1.82, 2.24) is 0 Å². The molecule has 0 atom stereocenters. The second-order valence-corrected chi connectivity index (χ2v) is 5.51. The highest BCUT2D eigenvalue weighted by Gasteiger charge is 2.31. The maximum absolute atomic E-state index is 12.7. The number of rotatable bonds is 7. The van der Waals surface area contributed by atoms with Crippen LogP contribution in [-0.2, 0) is 10.9 Å². The largest absolute Gasteiger partial charge is 0.416 e. The maximum atomic E-state index is 12.7. The summed E-state index contributed by atoms with van der Waals surface area (Å²) in [6, 6.07) is 3.32. The van der Waals surface area contributed by atoms with Gasteiger partial charge in [0.25, 0.3) is 0 Å². The number of halogens is 3. The number of ether oxygens (including phenoxy) is 1. The first-order valence-corrected chi connectivity index (χ1v) is 7.11. The summed E-state index contributed by atoms with van der Waals surface area (Å²) in [6.45, 7) is 1.73. The van der Waals surface area contributed by atoms with E-state index in [4.69, 9.17) is 22.7 Å². The third-order valence-electron chi connectivity index (χ3n) is 3.22. The zero-order valence-corrected chi connectivity index (χ0v) is 12.2. The molecule has 0 bridgehead atoms. The molecule has 0 aromatic heterocycles. The van der Waals surface area contributed by atoms with E-state index in [9.17, 15) is 13.2 Å². The van der Waals surface area contributed by atoms with Crippen molar-refractivity contribution >= 4 is 22.9 Å². The lowest BCUT2D eigenvalue weighted by atomic mass is 10.1. The summed E-state index contributed by atoms with van der Waals surface area (Å²) < 4.78 is 43.5. The number of hydrogen-bond acceptors (Lipinski definition) is 3. The zero-order valence-electron chi connectivity index (χ0n) is 11.4. The van der Waals surface area contributed by atoms with Crippen LogP contribution >= 0.6 is 12.2 Å². The standard InChI is InChI=1S/C14H17F3N2OS/c15-14(16,17)10-3-4-12(11(7-10)13(18)21)19-5-6-20-8-9-1-2-9/h3-4,7,9,19H,1-2,5-6,8H2,(H2,18,21). The number of thiocarbonyl (C=S) groups is 1. The molecule has 3 nitrogen and oxygen atoms in total. The van der Waals surface area contributed by atoms with Crippen molar-refractivity contribution in [3.05, 3.63) is 29.3 Å². The van der Waals surface area contributed by atoms with Crippen molar-refractivity contribution in [2.75, 3.05) is 25.1 Å². The van der Waals surface area contributed by atoms with E-state index in [0.29, 0.717) is 24.8 Å². The SMILES string of the molecule is NC(=S)c1cc(C(F)(F)F)ccc1NCCOCC1CC1. The summed E-state index contributed by atoms with van der Waals surface area (Å²) in [5.41, 5.74) is 5.42. The van der Waals surface area contributed by atoms with E-state index >= 15 is 0 Å². The third kappa shape index (κ3) is 4.86. The highest BCUT2D eigenvalue weighted by Crippen LogP contribution is 2.32. The molecule has 1 aromatic rings. The molecule has 0 spiro atoms. The van der Waals surface area contributed by atoms with Crippen LogP contribution in [0.5, 0.6) is 0 Å². The smallest absolute Gasteiger partial charge is 0.389 e. The van der Waals surface area contributed by atoms with E-state index in [0.717, 1.165) is 18.7 Å².